The fourth-order valence-electron chi connectivity index (χ4n) is 10.0. The Balaban J connectivity index is 1.31. The maximum absolute atomic E-state index is 15.8. The first kappa shape index (κ1) is 57.6. The molecule has 0 saturated carbocycles. The van der Waals surface area contributed by atoms with E-state index in [1.807, 2.05) is 243 Å². The fourth-order valence-corrected chi connectivity index (χ4v) is 11.9. The van der Waals surface area contributed by atoms with Gasteiger partial charge in [-0.05, 0) is 58.7 Å². The minimum atomic E-state index is -4.14. The third-order valence-corrected chi connectivity index (χ3v) is 15.9. The molecule has 81 heavy (non-hydrogen) atoms. The monoisotopic (exact) mass is 1090 g/mol. The van der Waals surface area contributed by atoms with E-state index in [0.29, 0.717) is 56.8 Å². The fraction of sp³-hybridized carbons (Fsp3) is 0.171. The minimum absolute atomic E-state index is 0.366. The number of rotatable bonds is 22. The summed E-state index contributed by atoms with van der Waals surface area (Å²) in [5.41, 5.74) is 4.17. The molecule has 408 valence electrons. The van der Waals surface area contributed by atoms with Crippen LogP contribution in [-0.4, -0.2) is 62.6 Å². The van der Waals surface area contributed by atoms with Crippen molar-refractivity contribution in [1.82, 2.24) is 0 Å². The molecule has 0 atom stereocenters. The average molecular weight is 1090 g/mol. The van der Waals surface area contributed by atoms with E-state index in [9.17, 15) is 10.5 Å². The van der Waals surface area contributed by atoms with Crippen LogP contribution in [0.4, 0.5) is 0 Å². The van der Waals surface area contributed by atoms with Crippen LogP contribution in [0.1, 0.15) is 33.4 Å². The Bertz CT molecular complexity index is 3370. The van der Waals surface area contributed by atoms with Gasteiger partial charge in [0.1, 0.15) is 45.3 Å². The molecule has 0 radical (unpaired) electrons. The topological polar surface area (TPSA) is 137 Å². The van der Waals surface area contributed by atoms with Gasteiger partial charge < -0.3 is 28.4 Å². The lowest BCUT2D eigenvalue weighted by Crippen LogP contribution is -2.31. The Morgan fingerprint density at radius 3 is 0.778 bits per heavy atom. The van der Waals surface area contributed by atoms with Gasteiger partial charge >= 0.3 is 0 Å². The molecule has 2 aliphatic carbocycles. The SMILES string of the molecule is COc1ccccc1/C=C/C1=CC(C#N)(/C=C/c2ccccc2OC)C=C(/C=C/c2ccccc2OC)C1CS(=O)(=O)CC1C(/C=C/c2ccccc2OC)=CC(C#N)(/C=C/c2ccccc2OC)C=C1/C=C/c1ccccc1OC. The van der Waals surface area contributed by atoms with Crippen molar-refractivity contribution < 1.29 is 36.8 Å². The van der Waals surface area contributed by atoms with Crippen LogP contribution in [0.2, 0.25) is 0 Å². The summed E-state index contributed by atoms with van der Waals surface area (Å²) in [5, 5.41) is 22.7. The molecular weight excluding hydrogens is 1030 g/mol. The second kappa shape index (κ2) is 26.9. The molecular formula is C70H64N2O8S. The van der Waals surface area contributed by atoms with Crippen LogP contribution >= 0.6 is 0 Å². The molecule has 0 aliphatic heterocycles. The summed E-state index contributed by atoms with van der Waals surface area (Å²) in [4.78, 5) is 0. The summed E-state index contributed by atoms with van der Waals surface area (Å²) in [6.45, 7) is 0. The predicted molar refractivity (Wildman–Crippen MR) is 326 cm³/mol. The Hall–Kier alpha value is -9.55. The lowest BCUT2D eigenvalue weighted by atomic mass is 9.74. The molecule has 0 unspecified atom stereocenters. The highest BCUT2D eigenvalue weighted by Gasteiger charge is 2.38. The zero-order chi connectivity index (χ0) is 57.2. The summed E-state index contributed by atoms with van der Waals surface area (Å²) in [6.07, 6.45) is 29.7. The van der Waals surface area contributed by atoms with Crippen LogP contribution in [0.3, 0.4) is 0 Å². The minimum Gasteiger partial charge on any atom is -0.496 e. The van der Waals surface area contributed by atoms with Gasteiger partial charge in [0.05, 0.1) is 66.3 Å². The first-order valence-corrected chi connectivity index (χ1v) is 28.1. The van der Waals surface area contributed by atoms with E-state index in [4.69, 9.17) is 28.4 Å². The third-order valence-electron chi connectivity index (χ3n) is 14.2. The van der Waals surface area contributed by atoms with Crippen molar-refractivity contribution in [2.24, 2.45) is 22.7 Å². The number of nitriles is 2. The lowest BCUT2D eigenvalue weighted by molar-refractivity contribution is 0.413. The second-order valence-electron chi connectivity index (χ2n) is 19.3. The van der Waals surface area contributed by atoms with Crippen LogP contribution in [0.15, 0.2) is 229 Å². The molecule has 0 N–H and O–H groups in total. The Kier molecular flexibility index (Phi) is 19.1. The lowest BCUT2D eigenvalue weighted by Gasteiger charge is -2.32. The van der Waals surface area contributed by atoms with Gasteiger partial charge in [0, 0.05) is 45.2 Å². The number of sulfone groups is 1. The summed E-state index contributed by atoms with van der Waals surface area (Å²) >= 11 is 0. The summed E-state index contributed by atoms with van der Waals surface area (Å²) in [7, 11) is 5.44. The highest BCUT2D eigenvalue weighted by Crippen LogP contribution is 2.44. The number of benzene rings is 6. The molecule has 0 amide bonds. The molecule has 0 aromatic heterocycles. The van der Waals surface area contributed by atoms with Crippen LogP contribution in [0.5, 0.6) is 34.5 Å². The van der Waals surface area contributed by atoms with E-state index in [-0.39, 0.29) is 11.5 Å². The van der Waals surface area contributed by atoms with Crippen LogP contribution in [0, 0.1) is 45.3 Å². The van der Waals surface area contributed by atoms with Crippen molar-refractivity contribution in [3.05, 3.63) is 262 Å². The standard InChI is InChI=1S/C70H64N2O8S/c1-75-63-25-13-7-19-51(63)31-35-57-43-69(49-71,41-39-55-23-11-17-29-67(55)79-5)44-58(36-32-52-20-8-14-26-64(52)76-2)61(57)47-81(73,74)48-62-59(37-33-53-21-9-15-27-65(53)77-3)45-70(50-72,42-40-56-24-12-18-30-68(56)80-6)46-60(62)38-34-54-22-10-16-28-66(54)78-4/h7-46,61-62H,47-48H2,1-6H3/b35-31+,36-32+,37-33+,38-34+,41-39+,42-40+. The Morgan fingerprint density at radius 2 is 0.568 bits per heavy atom. The second-order valence-corrected chi connectivity index (χ2v) is 21.5. The number of hydrogen-bond donors (Lipinski definition) is 0. The summed E-state index contributed by atoms with van der Waals surface area (Å²) < 4.78 is 66.0. The number of ether oxygens (including phenoxy) is 6. The van der Waals surface area contributed by atoms with Crippen LogP contribution in [-0.2, 0) is 9.84 Å². The maximum Gasteiger partial charge on any atom is 0.152 e. The summed E-state index contributed by atoms with van der Waals surface area (Å²) in [6, 6.07) is 50.4. The van der Waals surface area contributed by atoms with Crippen molar-refractivity contribution in [2.75, 3.05) is 54.2 Å². The van der Waals surface area contributed by atoms with E-state index in [0.717, 1.165) is 33.4 Å². The molecule has 0 fully saturated rings. The highest BCUT2D eigenvalue weighted by molar-refractivity contribution is 7.91. The number of hydrogen-bond acceptors (Lipinski definition) is 10. The van der Waals surface area contributed by atoms with E-state index >= 15 is 8.42 Å². The average Bonchev–Trinajstić information content (AvgIpc) is 3.66. The van der Waals surface area contributed by atoms with E-state index in [1.54, 1.807) is 42.7 Å². The predicted octanol–water partition coefficient (Wildman–Crippen LogP) is 14.7. The largest absolute Gasteiger partial charge is 0.496 e. The van der Waals surface area contributed by atoms with Gasteiger partial charge in [-0.15, -0.1) is 0 Å². The first-order chi connectivity index (χ1) is 39.4. The Labute approximate surface area is 476 Å². The van der Waals surface area contributed by atoms with Gasteiger partial charge in [-0.2, -0.15) is 10.5 Å². The smallest absolute Gasteiger partial charge is 0.152 e. The zero-order valence-corrected chi connectivity index (χ0v) is 47.0. The molecule has 0 saturated heterocycles. The number of methoxy groups -OCH3 is 6. The number of nitrogens with zero attached hydrogens (tertiary/aromatic N) is 2. The van der Waals surface area contributed by atoms with Crippen molar-refractivity contribution >= 4 is 46.3 Å². The number of para-hydroxylation sites is 6. The molecule has 11 heteroatoms. The van der Waals surface area contributed by atoms with Crippen molar-refractivity contribution in [3.8, 4) is 46.6 Å². The quantitative estimate of drug-likeness (QED) is 0.0646. The normalized spacial score (nSPS) is 19.3. The zero-order valence-electron chi connectivity index (χ0n) is 46.2. The van der Waals surface area contributed by atoms with Gasteiger partial charge in [0.15, 0.2) is 9.84 Å². The third kappa shape index (κ3) is 14.2. The molecule has 2 aliphatic rings. The maximum atomic E-state index is 15.8. The van der Waals surface area contributed by atoms with Gasteiger partial charge in [-0.1, -0.05) is 206 Å². The van der Waals surface area contributed by atoms with Gasteiger partial charge in [0.2, 0.25) is 0 Å². The van der Waals surface area contributed by atoms with E-state index in [2.05, 4.69) is 12.1 Å². The highest BCUT2D eigenvalue weighted by atomic mass is 32.2. The molecule has 0 spiro atoms. The summed E-state index contributed by atoms with van der Waals surface area (Å²) in [5.74, 6) is 1.40. The van der Waals surface area contributed by atoms with Crippen molar-refractivity contribution in [2.45, 2.75) is 0 Å². The molecule has 8 rings (SSSR count). The molecule has 0 heterocycles. The Morgan fingerprint density at radius 1 is 0.358 bits per heavy atom. The molecule has 10 nitrogen and oxygen atoms in total. The first-order valence-electron chi connectivity index (χ1n) is 26.2. The molecule has 6 aromatic rings. The van der Waals surface area contributed by atoms with E-state index in [1.165, 1.54) is 0 Å². The van der Waals surface area contributed by atoms with Gasteiger partial charge in [0.25, 0.3) is 0 Å². The van der Waals surface area contributed by atoms with Crippen molar-refractivity contribution in [3.63, 3.8) is 0 Å². The number of allylic oxidation sites excluding steroid dienone is 14. The van der Waals surface area contributed by atoms with Gasteiger partial charge in [-0.3, -0.25) is 0 Å². The van der Waals surface area contributed by atoms with Gasteiger partial charge in [-0.25, -0.2) is 8.42 Å². The molecule has 0 bridgehead atoms. The van der Waals surface area contributed by atoms with Crippen LogP contribution < -0.4 is 28.4 Å². The van der Waals surface area contributed by atoms with E-state index < -0.39 is 32.5 Å². The van der Waals surface area contributed by atoms with Crippen molar-refractivity contribution in [1.29, 1.82) is 10.5 Å². The molecule has 6 aromatic carbocycles. The van der Waals surface area contributed by atoms with Crippen LogP contribution in [0.25, 0.3) is 36.5 Å².